The second-order valence-corrected chi connectivity index (χ2v) is 4.42. The minimum absolute atomic E-state index is 0.251. The van der Waals surface area contributed by atoms with Gasteiger partial charge in [-0.15, -0.1) is 0 Å². The predicted molar refractivity (Wildman–Crippen MR) is 65.2 cm³/mol. The highest BCUT2D eigenvalue weighted by Crippen LogP contribution is 2.38. The first-order chi connectivity index (χ1) is 9.09. The molecule has 0 unspecified atom stereocenters. The van der Waals surface area contributed by atoms with Crippen LogP contribution in [0.25, 0.3) is 0 Å². The van der Waals surface area contributed by atoms with Crippen molar-refractivity contribution in [2.24, 2.45) is 0 Å². The molecule has 0 radical (unpaired) electrons. The number of benzene rings is 1. The Bertz CT molecular complexity index is 635. The van der Waals surface area contributed by atoms with E-state index in [1.54, 1.807) is 6.07 Å². The highest BCUT2D eigenvalue weighted by atomic mass is 79.9. The van der Waals surface area contributed by atoms with Gasteiger partial charge >= 0.3 is 12.1 Å². The van der Waals surface area contributed by atoms with E-state index < -0.39 is 34.9 Å². The third-order valence-corrected chi connectivity index (χ3v) is 3.01. The van der Waals surface area contributed by atoms with Crippen molar-refractivity contribution in [1.82, 2.24) is 0 Å². The number of hydrogen-bond donors (Lipinski definition) is 2. The van der Waals surface area contributed by atoms with E-state index in [0.29, 0.717) is 0 Å². The lowest BCUT2D eigenvalue weighted by Gasteiger charge is -2.13. The third kappa shape index (κ3) is 3.08. The average Bonchev–Trinajstić information content (AvgIpc) is 2.33. The number of nitrogens with one attached hydrogen (secondary N) is 1. The molecule has 0 saturated heterocycles. The maximum Gasteiger partial charge on any atom is 0.471 e. The molecule has 1 aromatic rings. The number of alkyl halides is 3. The summed E-state index contributed by atoms with van der Waals surface area (Å²) in [5.74, 6) is -3.55. The largest absolute Gasteiger partial charge is 0.506 e. The van der Waals surface area contributed by atoms with Gasteiger partial charge in [0, 0.05) is 0 Å². The minimum atomic E-state index is -5.15. The standard InChI is InChI=1S/C11H6BrF3N2O3/c1-4(18)6-2-5(3-16)8(7(12)9(6)19)17-10(20)11(13,14)15/h2,19H,1H3,(H,17,20). The molecule has 106 valence electrons. The monoisotopic (exact) mass is 350 g/mol. The fourth-order valence-electron chi connectivity index (χ4n) is 1.30. The van der Waals surface area contributed by atoms with E-state index >= 15 is 0 Å². The van der Waals surface area contributed by atoms with Gasteiger partial charge in [0.25, 0.3) is 0 Å². The number of hydrogen-bond acceptors (Lipinski definition) is 4. The van der Waals surface area contributed by atoms with Crippen molar-refractivity contribution in [2.45, 2.75) is 13.1 Å². The Morgan fingerprint density at radius 2 is 2.00 bits per heavy atom. The van der Waals surface area contributed by atoms with Gasteiger partial charge in [-0.3, -0.25) is 9.59 Å². The molecular formula is C11H6BrF3N2O3. The van der Waals surface area contributed by atoms with Crippen LogP contribution in [-0.2, 0) is 4.79 Å². The Morgan fingerprint density at radius 3 is 2.40 bits per heavy atom. The number of amides is 1. The Hall–Kier alpha value is -2.08. The number of halogens is 4. The van der Waals surface area contributed by atoms with Crippen LogP contribution >= 0.6 is 15.9 Å². The van der Waals surface area contributed by atoms with E-state index in [9.17, 15) is 27.9 Å². The first kappa shape index (κ1) is 16.0. The Kier molecular flexibility index (Phi) is 4.39. The predicted octanol–water partition coefficient (Wildman–Crippen LogP) is 2.73. The number of phenolic OH excluding ortho intramolecular Hbond substituents is 1. The highest BCUT2D eigenvalue weighted by Gasteiger charge is 2.39. The molecule has 0 atom stereocenters. The number of carbonyl (C=O) groups excluding carboxylic acids is 2. The first-order valence-electron chi connectivity index (χ1n) is 4.94. The Morgan fingerprint density at radius 1 is 1.45 bits per heavy atom. The van der Waals surface area contributed by atoms with Crippen LogP contribution in [0.2, 0.25) is 0 Å². The van der Waals surface area contributed by atoms with Gasteiger partial charge in [0.15, 0.2) is 5.78 Å². The summed E-state index contributed by atoms with van der Waals surface area (Å²) in [5.41, 5.74) is -1.20. The second kappa shape index (κ2) is 5.50. The first-order valence-corrected chi connectivity index (χ1v) is 5.73. The van der Waals surface area contributed by atoms with Crippen molar-refractivity contribution in [3.05, 3.63) is 21.7 Å². The van der Waals surface area contributed by atoms with Gasteiger partial charge in [-0.1, -0.05) is 0 Å². The maximum atomic E-state index is 12.2. The summed E-state index contributed by atoms with van der Waals surface area (Å²) < 4.78 is 36.2. The van der Waals surface area contributed by atoms with Crippen LogP contribution in [0.3, 0.4) is 0 Å². The number of carbonyl (C=O) groups is 2. The van der Waals surface area contributed by atoms with Crippen LogP contribution in [-0.4, -0.2) is 23.0 Å². The lowest BCUT2D eigenvalue weighted by atomic mass is 10.1. The summed E-state index contributed by atoms with van der Waals surface area (Å²) in [6, 6.07) is 2.44. The molecule has 0 saturated carbocycles. The Balaban J connectivity index is 3.42. The number of rotatable bonds is 2. The van der Waals surface area contributed by atoms with E-state index in [0.717, 1.165) is 13.0 Å². The summed E-state index contributed by atoms with van der Waals surface area (Å²) in [5, 5.41) is 20.0. The number of aromatic hydroxyl groups is 1. The molecular weight excluding hydrogens is 345 g/mol. The van der Waals surface area contributed by atoms with E-state index in [-0.39, 0.29) is 10.0 Å². The molecule has 2 N–H and O–H groups in total. The normalized spacial score (nSPS) is 10.8. The van der Waals surface area contributed by atoms with E-state index in [1.165, 1.54) is 5.32 Å². The highest BCUT2D eigenvalue weighted by molar-refractivity contribution is 9.10. The van der Waals surface area contributed by atoms with Crippen molar-refractivity contribution in [2.75, 3.05) is 5.32 Å². The summed E-state index contributed by atoms with van der Waals surface area (Å²) in [6.45, 7) is 1.11. The van der Waals surface area contributed by atoms with Crippen LogP contribution in [0.1, 0.15) is 22.8 Å². The van der Waals surface area contributed by atoms with Gasteiger partial charge in [-0.05, 0) is 28.9 Å². The SMILES string of the molecule is CC(=O)c1cc(C#N)c(NC(=O)C(F)(F)F)c(Br)c1O. The zero-order valence-electron chi connectivity index (χ0n) is 9.80. The summed E-state index contributed by atoms with van der Waals surface area (Å²) in [7, 11) is 0. The van der Waals surface area contributed by atoms with Gasteiger partial charge in [0.1, 0.15) is 11.8 Å². The minimum Gasteiger partial charge on any atom is -0.506 e. The molecule has 1 amide bonds. The molecule has 0 bridgehead atoms. The zero-order valence-corrected chi connectivity index (χ0v) is 11.4. The number of nitriles is 1. The van der Waals surface area contributed by atoms with E-state index in [1.807, 2.05) is 0 Å². The average molecular weight is 351 g/mol. The summed E-state index contributed by atoms with van der Waals surface area (Å²) in [4.78, 5) is 22.1. The number of nitrogens with zero attached hydrogens (tertiary/aromatic N) is 1. The van der Waals surface area contributed by atoms with Gasteiger partial charge < -0.3 is 10.4 Å². The molecule has 5 nitrogen and oxygen atoms in total. The third-order valence-electron chi connectivity index (χ3n) is 2.24. The van der Waals surface area contributed by atoms with Gasteiger partial charge in [0.05, 0.1) is 21.3 Å². The lowest BCUT2D eigenvalue weighted by Crippen LogP contribution is -2.30. The topological polar surface area (TPSA) is 90.2 Å². The van der Waals surface area contributed by atoms with Crippen LogP contribution in [0.4, 0.5) is 18.9 Å². The number of ketones is 1. The van der Waals surface area contributed by atoms with Crippen LogP contribution in [0, 0.1) is 11.3 Å². The Labute approximate surface area is 119 Å². The number of phenols is 1. The summed E-state index contributed by atoms with van der Waals surface area (Å²) >= 11 is 2.75. The van der Waals surface area contributed by atoms with Crippen LogP contribution in [0.15, 0.2) is 10.5 Å². The molecule has 0 spiro atoms. The summed E-state index contributed by atoms with van der Waals surface area (Å²) in [6.07, 6.45) is -5.15. The van der Waals surface area contributed by atoms with E-state index in [2.05, 4.69) is 15.9 Å². The van der Waals surface area contributed by atoms with Crippen molar-refractivity contribution in [3.8, 4) is 11.8 Å². The molecule has 0 aromatic heterocycles. The van der Waals surface area contributed by atoms with Crippen LogP contribution < -0.4 is 5.32 Å². The van der Waals surface area contributed by atoms with Crippen molar-refractivity contribution in [3.63, 3.8) is 0 Å². The number of Topliss-reactive ketones (excluding diaryl/α,β-unsaturated/α-hetero) is 1. The molecule has 0 aliphatic rings. The van der Waals surface area contributed by atoms with Crippen LogP contribution in [0.5, 0.6) is 5.75 Å². The second-order valence-electron chi connectivity index (χ2n) is 3.63. The number of anilines is 1. The quantitative estimate of drug-likeness (QED) is 0.802. The maximum absolute atomic E-state index is 12.2. The van der Waals surface area contributed by atoms with Crippen molar-refractivity contribution >= 4 is 33.3 Å². The molecule has 0 aliphatic heterocycles. The van der Waals surface area contributed by atoms with Crippen molar-refractivity contribution < 1.29 is 27.9 Å². The lowest BCUT2D eigenvalue weighted by molar-refractivity contribution is -0.167. The molecule has 0 heterocycles. The molecule has 1 aromatic carbocycles. The van der Waals surface area contributed by atoms with Gasteiger partial charge in [0.2, 0.25) is 0 Å². The molecule has 1 rings (SSSR count). The fraction of sp³-hybridized carbons (Fsp3) is 0.182. The van der Waals surface area contributed by atoms with Gasteiger partial charge in [-0.25, -0.2) is 0 Å². The molecule has 0 fully saturated rings. The fourth-order valence-corrected chi connectivity index (χ4v) is 1.83. The molecule has 9 heteroatoms. The van der Waals surface area contributed by atoms with Crippen molar-refractivity contribution in [1.29, 1.82) is 5.26 Å². The van der Waals surface area contributed by atoms with Gasteiger partial charge in [-0.2, -0.15) is 18.4 Å². The van der Waals surface area contributed by atoms with E-state index in [4.69, 9.17) is 5.26 Å². The zero-order chi connectivity index (χ0) is 15.7. The molecule has 20 heavy (non-hydrogen) atoms. The smallest absolute Gasteiger partial charge is 0.471 e. The molecule has 0 aliphatic carbocycles.